The Labute approximate surface area is 188 Å². The Morgan fingerprint density at radius 3 is 2.50 bits per heavy atom. The first-order chi connectivity index (χ1) is 15.1. The number of nitrogens with zero attached hydrogens (tertiary/aromatic N) is 2. The van der Waals surface area contributed by atoms with E-state index in [4.69, 9.17) is 15.7 Å². The first-order valence-corrected chi connectivity index (χ1v) is 10.7. The van der Waals surface area contributed by atoms with E-state index >= 15 is 0 Å². The molecule has 1 heterocycles. The van der Waals surface area contributed by atoms with Crippen LogP contribution in [0.15, 0.2) is 29.4 Å². The molecule has 1 aliphatic rings. The van der Waals surface area contributed by atoms with Gasteiger partial charge in [-0.2, -0.15) is 0 Å². The maximum atomic E-state index is 13.3. The lowest BCUT2D eigenvalue weighted by atomic mass is 9.85. The number of amidine groups is 1. The van der Waals surface area contributed by atoms with E-state index in [2.05, 4.69) is 15.8 Å². The minimum absolute atomic E-state index is 0.00512. The molecule has 0 radical (unpaired) electrons. The topological polar surface area (TPSA) is 146 Å². The van der Waals surface area contributed by atoms with Crippen LogP contribution in [0.2, 0.25) is 0 Å². The van der Waals surface area contributed by atoms with Gasteiger partial charge in [-0.3, -0.25) is 9.59 Å². The molecule has 3 amide bonds. The Morgan fingerprint density at radius 2 is 1.94 bits per heavy atom. The summed E-state index contributed by atoms with van der Waals surface area (Å²) >= 11 is 0. The number of hydrogen-bond donors (Lipinski definition) is 4. The van der Waals surface area contributed by atoms with Crippen molar-refractivity contribution in [1.29, 1.82) is 0 Å². The van der Waals surface area contributed by atoms with Gasteiger partial charge in [0.15, 0.2) is 5.84 Å². The minimum atomic E-state index is -0.818. The van der Waals surface area contributed by atoms with Crippen molar-refractivity contribution in [2.24, 2.45) is 16.3 Å². The van der Waals surface area contributed by atoms with Gasteiger partial charge < -0.3 is 31.2 Å². The van der Waals surface area contributed by atoms with E-state index in [1.165, 1.54) is 0 Å². The third-order valence-corrected chi connectivity index (χ3v) is 5.31. The monoisotopic (exact) mass is 447 g/mol. The molecule has 1 saturated heterocycles. The summed E-state index contributed by atoms with van der Waals surface area (Å²) in [6.07, 6.45) is 0.599. The molecule has 2 rings (SSSR count). The van der Waals surface area contributed by atoms with Crippen LogP contribution in [-0.2, 0) is 20.9 Å². The number of ether oxygens (including phenoxy) is 1. The quantitative estimate of drug-likeness (QED) is 0.216. The average molecular weight is 448 g/mol. The van der Waals surface area contributed by atoms with Gasteiger partial charge in [0.2, 0.25) is 11.8 Å². The molecule has 0 bridgehead atoms. The average Bonchev–Trinajstić information content (AvgIpc) is 3.24. The molecule has 0 spiro atoms. The summed E-state index contributed by atoms with van der Waals surface area (Å²) in [5.41, 5.74) is 6.39. The molecule has 0 saturated carbocycles. The van der Waals surface area contributed by atoms with Crippen LogP contribution in [0.25, 0.3) is 0 Å². The Morgan fingerprint density at radius 1 is 1.28 bits per heavy atom. The first kappa shape index (κ1) is 25.0. The molecule has 1 aromatic rings. The Bertz CT molecular complexity index is 847. The number of oxime groups is 1. The van der Waals surface area contributed by atoms with Crippen LogP contribution in [0.4, 0.5) is 4.79 Å². The highest BCUT2D eigenvalue weighted by Gasteiger charge is 2.42. The first-order valence-electron chi connectivity index (χ1n) is 10.7. The van der Waals surface area contributed by atoms with Gasteiger partial charge in [-0.1, -0.05) is 50.2 Å². The number of carbonyl (C=O) groups is 3. The molecule has 1 aromatic carbocycles. The molecule has 1 fully saturated rings. The Kier molecular flexibility index (Phi) is 8.45. The predicted molar refractivity (Wildman–Crippen MR) is 119 cm³/mol. The zero-order chi connectivity index (χ0) is 23.9. The van der Waals surface area contributed by atoms with Crippen molar-refractivity contribution in [3.63, 3.8) is 0 Å². The number of alkyl carbamates (subject to hydrolysis) is 1. The molecule has 176 valence electrons. The summed E-state index contributed by atoms with van der Waals surface area (Å²) in [5.74, 6) is -0.544. The van der Waals surface area contributed by atoms with Crippen LogP contribution in [0.5, 0.6) is 0 Å². The highest BCUT2D eigenvalue weighted by Crippen LogP contribution is 2.26. The molecule has 10 heteroatoms. The standard InChI is InChI=1S/C22H33N5O5/c1-5-32-21(30)25-17(22(2,3)4)20(29)27-12-6-7-16(27)19(28)24-13-14-8-10-15(11-9-14)18(23)26-31/h8-11,16-17,31H,5-7,12-13H2,1-4H3,(H2,23,26)(H,24,28)(H,25,30)/t16-,17-/m0/s1. The Hall–Kier alpha value is -3.30. The zero-order valence-corrected chi connectivity index (χ0v) is 19.1. The van der Waals surface area contributed by atoms with E-state index in [1.807, 2.05) is 20.8 Å². The van der Waals surface area contributed by atoms with Crippen LogP contribution in [-0.4, -0.2) is 59.1 Å². The van der Waals surface area contributed by atoms with Gasteiger partial charge in [-0.05, 0) is 30.7 Å². The third kappa shape index (κ3) is 6.35. The van der Waals surface area contributed by atoms with Crippen LogP contribution < -0.4 is 16.4 Å². The maximum absolute atomic E-state index is 13.3. The fourth-order valence-electron chi connectivity index (χ4n) is 3.57. The Balaban J connectivity index is 2.05. The number of hydrogen-bond acceptors (Lipinski definition) is 6. The fourth-order valence-corrected chi connectivity index (χ4v) is 3.57. The number of amides is 3. The van der Waals surface area contributed by atoms with Crippen molar-refractivity contribution in [2.45, 2.75) is 59.2 Å². The largest absolute Gasteiger partial charge is 0.450 e. The molecular weight excluding hydrogens is 414 g/mol. The predicted octanol–water partition coefficient (Wildman–Crippen LogP) is 1.55. The third-order valence-electron chi connectivity index (χ3n) is 5.31. The molecule has 5 N–H and O–H groups in total. The number of nitrogens with one attached hydrogen (secondary N) is 2. The van der Waals surface area contributed by atoms with E-state index in [1.54, 1.807) is 36.1 Å². The lowest BCUT2D eigenvalue weighted by Crippen LogP contribution is -2.57. The summed E-state index contributed by atoms with van der Waals surface area (Å²) in [5, 5.41) is 17.2. The van der Waals surface area contributed by atoms with Gasteiger partial charge in [0, 0.05) is 18.7 Å². The lowest BCUT2D eigenvalue weighted by Gasteiger charge is -2.35. The van der Waals surface area contributed by atoms with Crippen LogP contribution >= 0.6 is 0 Å². The molecule has 10 nitrogen and oxygen atoms in total. The lowest BCUT2D eigenvalue weighted by molar-refractivity contribution is -0.142. The molecule has 1 aliphatic heterocycles. The number of rotatable bonds is 7. The normalized spacial score (nSPS) is 17.6. The van der Waals surface area contributed by atoms with Gasteiger partial charge in [-0.25, -0.2) is 4.79 Å². The molecular formula is C22H33N5O5. The zero-order valence-electron chi connectivity index (χ0n) is 19.1. The second kappa shape index (κ2) is 10.8. The maximum Gasteiger partial charge on any atom is 0.407 e. The molecule has 32 heavy (non-hydrogen) atoms. The summed E-state index contributed by atoms with van der Waals surface area (Å²) in [6.45, 7) is 8.17. The minimum Gasteiger partial charge on any atom is -0.450 e. The molecule has 0 aromatic heterocycles. The summed E-state index contributed by atoms with van der Waals surface area (Å²) in [4.78, 5) is 39.7. The molecule has 0 unspecified atom stereocenters. The molecule has 0 aliphatic carbocycles. The second-order valence-corrected chi connectivity index (χ2v) is 8.75. The highest BCUT2D eigenvalue weighted by atomic mass is 16.5. The van der Waals surface area contributed by atoms with Gasteiger partial charge in [0.1, 0.15) is 12.1 Å². The number of carbonyl (C=O) groups excluding carboxylic acids is 3. The van der Waals surface area contributed by atoms with Crippen molar-refractivity contribution in [3.8, 4) is 0 Å². The van der Waals surface area contributed by atoms with E-state index in [0.29, 0.717) is 24.9 Å². The number of likely N-dealkylation sites (tertiary alicyclic amines) is 1. The van der Waals surface area contributed by atoms with E-state index in [9.17, 15) is 14.4 Å². The van der Waals surface area contributed by atoms with Crippen molar-refractivity contribution in [1.82, 2.24) is 15.5 Å². The van der Waals surface area contributed by atoms with Crippen molar-refractivity contribution >= 4 is 23.7 Å². The molecule has 2 atom stereocenters. The summed E-state index contributed by atoms with van der Waals surface area (Å²) in [7, 11) is 0. The van der Waals surface area contributed by atoms with Crippen LogP contribution in [0, 0.1) is 5.41 Å². The number of nitrogens with two attached hydrogens (primary N) is 1. The second-order valence-electron chi connectivity index (χ2n) is 8.75. The smallest absolute Gasteiger partial charge is 0.407 e. The summed E-state index contributed by atoms with van der Waals surface area (Å²) < 4.78 is 4.94. The van der Waals surface area contributed by atoms with E-state index < -0.39 is 23.6 Å². The summed E-state index contributed by atoms with van der Waals surface area (Å²) in [6, 6.07) is 5.50. The fraction of sp³-hybridized carbons (Fsp3) is 0.545. The highest BCUT2D eigenvalue weighted by molar-refractivity contribution is 5.97. The van der Waals surface area contributed by atoms with Crippen LogP contribution in [0.3, 0.4) is 0 Å². The number of benzene rings is 1. The van der Waals surface area contributed by atoms with Gasteiger partial charge in [0.25, 0.3) is 0 Å². The van der Waals surface area contributed by atoms with E-state index in [-0.39, 0.29) is 30.8 Å². The van der Waals surface area contributed by atoms with E-state index in [0.717, 1.165) is 5.56 Å². The van der Waals surface area contributed by atoms with Crippen molar-refractivity contribution in [2.75, 3.05) is 13.2 Å². The van der Waals surface area contributed by atoms with Gasteiger partial charge >= 0.3 is 6.09 Å². The van der Waals surface area contributed by atoms with Gasteiger partial charge in [0.05, 0.1) is 6.61 Å². The van der Waals surface area contributed by atoms with Crippen molar-refractivity contribution in [3.05, 3.63) is 35.4 Å². The van der Waals surface area contributed by atoms with Crippen LogP contribution in [0.1, 0.15) is 51.7 Å². The van der Waals surface area contributed by atoms with Crippen molar-refractivity contribution < 1.29 is 24.3 Å². The SMILES string of the molecule is CCOC(=O)N[C@@H](C(=O)N1CCC[C@H]1C(=O)NCc1ccc(C(N)=NO)cc1)C(C)(C)C. The van der Waals surface area contributed by atoms with Gasteiger partial charge in [-0.15, -0.1) is 0 Å².